The third-order valence-corrected chi connectivity index (χ3v) is 6.14. The van der Waals surface area contributed by atoms with E-state index in [-0.39, 0.29) is 5.91 Å². The van der Waals surface area contributed by atoms with Gasteiger partial charge in [0.1, 0.15) is 18.2 Å². The van der Waals surface area contributed by atoms with Gasteiger partial charge in [-0.05, 0) is 68.1 Å². The molecule has 0 atom stereocenters. The number of carbonyl (C=O) groups excluding carboxylic acids is 1. The van der Waals surface area contributed by atoms with Crippen LogP contribution in [0.1, 0.15) is 46.2 Å². The van der Waals surface area contributed by atoms with Gasteiger partial charge in [0.15, 0.2) is 0 Å². The van der Waals surface area contributed by atoms with Crippen LogP contribution in [0.2, 0.25) is 0 Å². The molecule has 0 aliphatic heterocycles. The van der Waals surface area contributed by atoms with E-state index in [1.165, 1.54) is 5.56 Å². The predicted molar refractivity (Wildman–Crippen MR) is 138 cm³/mol. The Balaban J connectivity index is 1.36. The molecule has 176 valence electrons. The number of ether oxygens (including phenoxy) is 1. The highest BCUT2D eigenvalue weighted by atomic mass is 16.5. The second kappa shape index (κ2) is 11.0. The van der Waals surface area contributed by atoms with Crippen LogP contribution in [0.25, 0.3) is 11.0 Å². The number of hydrogen-bond acceptors (Lipinski definition) is 3. The molecular weight excluding hydrogens is 422 g/mol. The van der Waals surface area contributed by atoms with E-state index in [2.05, 4.69) is 35.0 Å². The van der Waals surface area contributed by atoms with E-state index in [9.17, 15) is 4.79 Å². The van der Waals surface area contributed by atoms with Crippen LogP contribution in [-0.4, -0.2) is 28.6 Å². The van der Waals surface area contributed by atoms with Gasteiger partial charge in [0.2, 0.25) is 0 Å². The molecule has 0 saturated carbocycles. The maximum absolute atomic E-state index is 12.6. The van der Waals surface area contributed by atoms with Crippen molar-refractivity contribution >= 4 is 16.9 Å². The zero-order chi connectivity index (χ0) is 23.9. The largest absolute Gasteiger partial charge is 0.492 e. The number of nitrogens with one attached hydrogen (secondary N) is 1. The maximum atomic E-state index is 12.6. The third kappa shape index (κ3) is 5.66. The van der Waals surface area contributed by atoms with Crippen LogP contribution < -0.4 is 10.1 Å². The van der Waals surface area contributed by atoms with Gasteiger partial charge in [0.25, 0.3) is 5.91 Å². The molecule has 5 nitrogen and oxygen atoms in total. The molecule has 1 aromatic heterocycles. The Hall–Kier alpha value is -3.60. The van der Waals surface area contributed by atoms with Crippen molar-refractivity contribution in [1.29, 1.82) is 0 Å². The van der Waals surface area contributed by atoms with Gasteiger partial charge in [-0.25, -0.2) is 4.98 Å². The van der Waals surface area contributed by atoms with E-state index in [0.717, 1.165) is 65.1 Å². The summed E-state index contributed by atoms with van der Waals surface area (Å²) in [7, 11) is 0. The Kier molecular flexibility index (Phi) is 7.63. The smallest absolute Gasteiger partial charge is 0.251 e. The quantitative estimate of drug-likeness (QED) is 0.314. The van der Waals surface area contributed by atoms with E-state index in [1.54, 1.807) is 0 Å². The van der Waals surface area contributed by atoms with Crippen molar-refractivity contribution in [3.63, 3.8) is 0 Å². The zero-order valence-corrected chi connectivity index (χ0v) is 20.3. The molecule has 0 radical (unpaired) electrons. The van der Waals surface area contributed by atoms with Gasteiger partial charge in [-0.1, -0.05) is 48.9 Å². The van der Waals surface area contributed by atoms with Gasteiger partial charge in [-0.2, -0.15) is 0 Å². The van der Waals surface area contributed by atoms with Crippen LogP contribution in [-0.2, 0) is 19.4 Å². The summed E-state index contributed by atoms with van der Waals surface area (Å²) in [6, 6.07) is 22.4. The number of imidazole rings is 1. The molecule has 1 N–H and O–H groups in total. The van der Waals surface area contributed by atoms with Crippen molar-refractivity contribution in [2.24, 2.45) is 0 Å². The molecule has 0 bridgehead atoms. The molecule has 0 spiro atoms. The highest BCUT2D eigenvalue weighted by molar-refractivity contribution is 5.95. The number of amides is 1. The Morgan fingerprint density at radius 1 is 1.03 bits per heavy atom. The normalized spacial score (nSPS) is 11.0. The van der Waals surface area contributed by atoms with E-state index >= 15 is 0 Å². The Bertz CT molecular complexity index is 1260. The van der Waals surface area contributed by atoms with Crippen molar-refractivity contribution in [3.8, 4) is 5.75 Å². The van der Waals surface area contributed by atoms with E-state index in [1.807, 2.05) is 62.4 Å². The Morgan fingerprint density at radius 3 is 2.59 bits per heavy atom. The summed E-state index contributed by atoms with van der Waals surface area (Å²) >= 11 is 0. The fraction of sp³-hybridized carbons (Fsp3) is 0.310. The first-order valence-corrected chi connectivity index (χ1v) is 12.1. The van der Waals surface area contributed by atoms with E-state index in [4.69, 9.17) is 9.72 Å². The number of hydrogen-bond donors (Lipinski definition) is 1. The fourth-order valence-corrected chi connectivity index (χ4v) is 4.25. The van der Waals surface area contributed by atoms with Gasteiger partial charge in [0.05, 0.1) is 17.6 Å². The molecule has 4 aromatic rings. The maximum Gasteiger partial charge on any atom is 0.251 e. The van der Waals surface area contributed by atoms with Gasteiger partial charge >= 0.3 is 0 Å². The minimum Gasteiger partial charge on any atom is -0.492 e. The van der Waals surface area contributed by atoms with Gasteiger partial charge in [-0.3, -0.25) is 4.79 Å². The Labute approximate surface area is 201 Å². The molecule has 34 heavy (non-hydrogen) atoms. The standard InChI is InChI=1S/C29H33N3O2/c1-4-23-12-14-24(15-13-23)34-19-18-32-27-9-6-5-8-26(27)31-28(32)10-7-17-30-29(33)25-16-11-21(2)20-22(25)3/h5-6,8-9,11-16,20H,4,7,10,17-19H2,1-3H3,(H,30,33). The molecule has 0 unspecified atom stereocenters. The number of aryl methyl sites for hydroxylation is 4. The molecule has 0 fully saturated rings. The number of nitrogens with zero attached hydrogens (tertiary/aromatic N) is 2. The summed E-state index contributed by atoms with van der Waals surface area (Å²) in [5, 5.41) is 3.06. The van der Waals surface area contributed by atoms with Gasteiger partial charge in [0, 0.05) is 18.5 Å². The van der Waals surface area contributed by atoms with Crippen molar-refractivity contribution in [1.82, 2.24) is 14.9 Å². The molecular formula is C29H33N3O2. The molecule has 3 aromatic carbocycles. The highest BCUT2D eigenvalue weighted by Crippen LogP contribution is 2.18. The lowest BCUT2D eigenvalue weighted by Gasteiger charge is -2.12. The van der Waals surface area contributed by atoms with Crippen molar-refractivity contribution < 1.29 is 9.53 Å². The monoisotopic (exact) mass is 455 g/mol. The molecule has 1 amide bonds. The number of aromatic nitrogens is 2. The average Bonchev–Trinajstić information content (AvgIpc) is 3.19. The first-order chi connectivity index (χ1) is 16.5. The van der Waals surface area contributed by atoms with Gasteiger partial charge in [-0.15, -0.1) is 0 Å². The average molecular weight is 456 g/mol. The van der Waals surface area contributed by atoms with Crippen molar-refractivity contribution in [3.05, 3.63) is 94.8 Å². The summed E-state index contributed by atoms with van der Waals surface area (Å²) in [4.78, 5) is 17.4. The molecule has 0 aliphatic rings. The number of rotatable bonds is 10. The second-order valence-corrected chi connectivity index (χ2v) is 8.69. The van der Waals surface area contributed by atoms with Crippen LogP contribution >= 0.6 is 0 Å². The molecule has 0 saturated heterocycles. The van der Waals surface area contributed by atoms with Crippen molar-refractivity contribution in [2.45, 2.75) is 46.6 Å². The zero-order valence-electron chi connectivity index (χ0n) is 20.3. The summed E-state index contributed by atoms with van der Waals surface area (Å²) < 4.78 is 8.24. The second-order valence-electron chi connectivity index (χ2n) is 8.69. The predicted octanol–water partition coefficient (Wildman–Crippen LogP) is 5.66. The number of para-hydroxylation sites is 2. The molecule has 5 heteroatoms. The number of carbonyl (C=O) groups is 1. The van der Waals surface area contributed by atoms with Crippen LogP contribution in [0, 0.1) is 13.8 Å². The first kappa shape index (κ1) is 23.6. The van der Waals surface area contributed by atoms with Crippen molar-refractivity contribution in [2.75, 3.05) is 13.2 Å². The minimum atomic E-state index is -0.0199. The summed E-state index contributed by atoms with van der Waals surface area (Å²) in [6.07, 6.45) is 2.63. The molecule has 0 aliphatic carbocycles. The van der Waals surface area contributed by atoms with Crippen LogP contribution in [0.3, 0.4) is 0 Å². The summed E-state index contributed by atoms with van der Waals surface area (Å²) in [5.41, 5.74) is 6.31. The Morgan fingerprint density at radius 2 is 1.82 bits per heavy atom. The fourth-order valence-electron chi connectivity index (χ4n) is 4.25. The lowest BCUT2D eigenvalue weighted by atomic mass is 10.1. The highest BCUT2D eigenvalue weighted by Gasteiger charge is 2.12. The summed E-state index contributed by atoms with van der Waals surface area (Å²) in [6.45, 7) is 8.06. The lowest BCUT2D eigenvalue weighted by molar-refractivity contribution is 0.0952. The molecule has 4 rings (SSSR count). The lowest BCUT2D eigenvalue weighted by Crippen LogP contribution is -2.25. The topological polar surface area (TPSA) is 56.1 Å². The van der Waals surface area contributed by atoms with Crippen LogP contribution in [0.5, 0.6) is 5.75 Å². The minimum absolute atomic E-state index is 0.0199. The van der Waals surface area contributed by atoms with Crippen LogP contribution in [0.15, 0.2) is 66.7 Å². The van der Waals surface area contributed by atoms with E-state index < -0.39 is 0 Å². The van der Waals surface area contributed by atoms with E-state index in [0.29, 0.717) is 13.2 Å². The molecule has 1 heterocycles. The van der Waals surface area contributed by atoms with Crippen LogP contribution in [0.4, 0.5) is 0 Å². The summed E-state index contributed by atoms with van der Waals surface area (Å²) in [5.74, 6) is 1.89. The number of benzene rings is 3. The third-order valence-electron chi connectivity index (χ3n) is 6.14. The SMILES string of the molecule is CCc1ccc(OCCn2c(CCCNC(=O)c3ccc(C)cc3C)nc3ccccc32)cc1. The van der Waals surface area contributed by atoms with Gasteiger partial charge < -0.3 is 14.6 Å². The number of fused-ring (bicyclic) bond motifs is 1. The first-order valence-electron chi connectivity index (χ1n) is 12.1.